The molecule has 1 aromatic heterocycles. The number of aliphatic hydroxyl groups excluding tert-OH is 1. The second kappa shape index (κ2) is 11.5. The van der Waals surface area contributed by atoms with Gasteiger partial charge in [0.25, 0.3) is 0 Å². The molecule has 4 aromatic rings. The van der Waals surface area contributed by atoms with Gasteiger partial charge in [-0.2, -0.15) is 5.10 Å². The van der Waals surface area contributed by atoms with Crippen LogP contribution in [0, 0.1) is 9.39 Å². The molecule has 8 nitrogen and oxygen atoms in total. The molecule has 0 saturated carbocycles. The van der Waals surface area contributed by atoms with Crippen LogP contribution in [0.4, 0.5) is 14.9 Å². The van der Waals surface area contributed by atoms with Gasteiger partial charge in [-0.3, -0.25) is 0 Å². The average Bonchev–Trinajstić information content (AvgIpc) is 3.48. The number of nitrogens with two attached hydrogens (primary N) is 1. The lowest BCUT2D eigenvalue weighted by Gasteiger charge is -2.25. The third-order valence-electron chi connectivity index (χ3n) is 6.25. The van der Waals surface area contributed by atoms with Crippen LogP contribution >= 0.6 is 38.5 Å². The lowest BCUT2D eigenvalue weighted by atomic mass is 10.1. The molecule has 0 spiro atoms. The summed E-state index contributed by atoms with van der Waals surface area (Å²) >= 11 is 5.61. The monoisotopic (exact) mass is 691 g/mol. The summed E-state index contributed by atoms with van der Waals surface area (Å²) in [5, 5.41) is 18.2. The Bertz CT molecular complexity index is 1450. The number of anilines is 1. The van der Waals surface area contributed by atoms with E-state index in [1.54, 1.807) is 16.8 Å². The van der Waals surface area contributed by atoms with Crippen molar-refractivity contribution in [1.29, 1.82) is 0 Å². The van der Waals surface area contributed by atoms with Gasteiger partial charge in [-0.05, 0) is 95.2 Å². The third kappa shape index (κ3) is 5.91. The summed E-state index contributed by atoms with van der Waals surface area (Å²) < 4.78 is 23.3. The highest BCUT2D eigenvalue weighted by molar-refractivity contribution is 14.1. The number of halogens is 3. The number of rotatable bonds is 7. The van der Waals surface area contributed by atoms with E-state index in [9.17, 15) is 14.3 Å². The summed E-state index contributed by atoms with van der Waals surface area (Å²) in [4.78, 5) is 13.1. The molecule has 4 N–H and O–H groups in total. The van der Waals surface area contributed by atoms with Crippen LogP contribution < -0.4 is 11.1 Å². The number of aromatic nitrogens is 2. The minimum absolute atomic E-state index is 0.149. The molecular weight excluding hydrogens is 668 g/mol. The zero-order valence-corrected chi connectivity index (χ0v) is 23.8. The van der Waals surface area contributed by atoms with Gasteiger partial charge >= 0.3 is 6.03 Å². The van der Waals surface area contributed by atoms with E-state index >= 15 is 0 Å². The molecule has 1 aliphatic rings. The molecule has 1 aliphatic heterocycles. The Morgan fingerprint density at radius 2 is 1.92 bits per heavy atom. The van der Waals surface area contributed by atoms with Gasteiger partial charge in [0.1, 0.15) is 18.3 Å². The second-order valence-corrected chi connectivity index (χ2v) is 10.9. The quantitative estimate of drug-likeness (QED) is 0.224. The van der Waals surface area contributed by atoms with Crippen LogP contribution in [-0.4, -0.2) is 45.2 Å². The van der Waals surface area contributed by atoms with E-state index in [2.05, 4.69) is 43.8 Å². The first-order valence-corrected chi connectivity index (χ1v) is 13.7. The van der Waals surface area contributed by atoms with Gasteiger partial charge in [0.15, 0.2) is 0 Å². The fourth-order valence-corrected chi connectivity index (χ4v) is 5.37. The van der Waals surface area contributed by atoms with Crippen molar-refractivity contribution in [2.75, 3.05) is 18.5 Å². The molecule has 0 aliphatic carbocycles. The van der Waals surface area contributed by atoms with Crippen molar-refractivity contribution in [3.63, 3.8) is 0 Å². The molecule has 1 saturated heterocycles. The van der Waals surface area contributed by atoms with Crippen molar-refractivity contribution in [2.24, 2.45) is 5.73 Å². The molecule has 2 heterocycles. The molecule has 0 radical (unpaired) electrons. The maximum Gasteiger partial charge on any atom is 0.316 e. The van der Waals surface area contributed by atoms with Crippen LogP contribution in [-0.2, 0) is 11.2 Å². The number of hydrogen-bond acceptors (Lipinski definition) is 5. The zero-order chi connectivity index (χ0) is 26.8. The molecule has 38 heavy (non-hydrogen) atoms. The summed E-state index contributed by atoms with van der Waals surface area (Å²) in [5.41, 5.74) is 9.93. The first kappa shape index (κ1) is 26.8. The Kier molecular flexibility index (Phi) is 8.09. The zero-order valence-electron chi connectivity index (χ0n) is 20.0. The Morgan fingerprint density at radius 1 is 1.18 bits per heavy atom. The number of carbonyl (C=O) groups excluding carboxylic acids is 1. The molecule has 3 aromatic carbocycles. The van der Waals surface area contributed by atoms with Crippen molar-refractivity contribution < 1.29 is 19.0 Å². The lowest BCUT2D eigenvalue weighted by Crippen LogP contribution is -2.34. The van der Waals surface area contributed by atoms with Gasteiger partial charge in [0, 0.05) is 31.9 Å². The van der Waals surface area contributed by atoms with E-state index in [1.165, 1.54) is 12.1 Å². The van der Waals surface area contributed by atoms with Crippen LogP contribution in [0.15, 0.2) is 77.4 Å². The van der Waals surface area contributed by atoms with E-state index < -0.39 is 18.5 Å². The van der Waals surface area contributed by atoms with Crippen LogP contribution in [0.3, 0.4) is 0 Å². The van der Waals surface area contributed by atoms with E-state index in [0.717, 1.165) is 30.4 Å². The standard InChI is InChI=1S/C27H24BrFIN5O3/c28-18-4-8-20(9-5-18)35-14-21(25(33-35)17-2-6-19(29)7-3-17)26-34(24(36)15-38-26)12-11-16-1-10-23(22(30)13-16)32-27(31)37/h1-10,13-14,24,26,36H,11-12,15H2,(H3,31,32,37)/t24?,26-/m0/s1. The Morgan fingerprint density at radius 3 is 2.61 bits per heavy atom. The number of urea groups is 1. The Balaban J connectivity index is 1.44. The fourth-order valence-electron chi connectivity index (χ4n) is 4.39. The van der Waals surface area contributed by atoms with Crippen LogP contribution in [0.2, 0.25) is 0 Å². The summed E-state index contributed by atoms with van der Waals surface area (Å²) in [6.07, 6.45) is 1.18. The smallest absolute Gasteiger partial charge is 0.316 e. The molecule has 5 rings (SSSR count). The van der Waals surface area contributed by atoms with Gasteiger partial charge in [-0.15, -0.1) is 0 Å². The van der Waals surface area contributed by atoms with Crippen molar-refractivity contribution in [1.82, 2.24) is 14.7 Å². The number of hydrogen-bond donors (Lipinski definition) is 3. The SMILES string of the molecule is NC(=O)Nc1ccc(CCN2C(O)CO[C@H]2c2cn(-c3ccc(Br)cc3)nc2-c2ccc(F)cc2)cc1I. The number of carbonyl (C=O) groups is 1. The lowest BCUT2D eigenvalue weighted by molar-refractivity contribution is -0.000587. The number of aliphatic hydroxyl groups is 1. The van der Waals surface area contributed by atoms with Crippen molar-refractivity contribution in [3.05, 3.63) is 97.9 Å². The molecule has 196 valence electrons. The van der Waals surface area contributed by atoms with Crippen molar-refractivity contribution in [3.8, 4) is 16.9 Å². The van der Waals surface area contributed by atoms with Crippen LogP contribution in [0.1, 0.15) is 17.4 Å². The molecule has 11 heteroatoms. The predicted molar refractivity (Wildman–Crippen MR) is 154 cm³/mol. The first-order valence-electron chi connectivity index (χ1n) is 11.8. The van der Waals surface area contributed by atoms with E-state index in [-0.39, 0.29) is 12.4 Å². The van der Waals surface area contributed by atoms with Gasteiger partial charge in [0.05, 0.1) is 23.7 Å². The van der Waals surface area contributed by atoms with Gasteiger partial charge in [0.2, 0.25) is 0 Å². The molecule has 2 atom stereocenters. The Labute approximate surface area is 240 Å². The summed E-state index contributed by atoms with van der Waals surface area (Å²) in [7, 11) is 0. The highest BCUT2D eigenvalue weighted by Gasteiger charge is 2.36. The molecular formula is C27H24BrFIN5O3. The van der Waals surface area contributed by atoms with E-state index in [4.69, 9.17) is 15.6 Å². The predicted octanol–water partition coefficient (Wildman–Crippen LogP) is 5.43. The number of nitrogens with zero attached hydrogens (tertiary/aromatic N) is 3. The number of amides is 2. The van der Waals surface area contributed by atoms with E-state index in [1.807, 2.05) is 53.6 Å². The van der Waals surface area contributed by atoms with Gasteiger partial charge < -0.3 is 20.9 Å². The average molecular weight is 692 g/mol. The molecule has 0 bridgehead atoms. The number of primary amides is 1. The first-order chi connectivity index (χ1) is 18.3. The van der Waals surface area contributed by atoms with Gasteiger partial charge in [-0.1, -0.05) is 22.0 Å². The maximum atomic E-state index is 13.7. The topological polar surface area (TPSA) is 106 Å². The largest absolute Gasteiger partial charge is 0.376 e. The molecule has 2 amide bonds. The summed E-state index contributed by atoms with van der Waals surface area (Å²) in [6.45, 7) is 0.660. The summed E-state index contributed by atoms with van der Waals surface area (Å²) in [5.74, 6) is -0.330. The van der Waals surface area contributed by atoms with E-state index in [0.29, 0.717) is 24.3 Å². The van der Waals surface area contributed by atoms with Crippen molar-refractivity contribution >= 4 is 50.2 Å². The van der Waals surface area contributed by atoms with Gasteiger partial charge in [-0.25, -0.2) is 18.8 Å². The van der Waals surface area contributed by atoms with Crippen LogP contribution in [0.25, 0.3) is 16.9 Å². The third-order valence-corrected chi connectivity index (χ3v) is 7.68. The molecule has 1 unspecified atom stereocenters. The highest BCUT2D eigenvalue weighted by atomic mass is 127. The highest BCUT2D eigenvalue weighted by Crippen LogP contribution is 2.37. The fraction of sp³-hybridized carbons (Fsp3) is 0.185. The molecule has 1 fully saturated rings. The maximum absolute atomic E-state index is 13.7. The van der Waals surface area contributed by atoms with Crippen molar-refractivity contribution in [2.45, 2.75) is 18.9 Å². The number of benzene rings is 3. The minimum atomic E-state index is -0.799. The minimum Gasteiger partial charge on any atom is -0.376 e. The normalized spacial score (nSPS) is 17.6. The number of nitrogens with one attached hydrogen (secondary N) is 1. The second-order valence-electron chi connectivity index (χ2n) is 8.82. The Hall–Kier alpha value is -2.84. The summed E-state index contributed by atoms with van der Waals surface area (Å²) in [6, 6.07) is 19.0. The number of ether oxygens (including phenoxy) is 1. The van der Waals surface area contributed by atoms with Crippen LogP contribution in [0.5, 0.6) is 0 Å².